The third-order valence-corrected chi connectivity index (χ3v) is 3.85. The van der Waals surface area contributed by atoms with Crippen molar-refractivity contribution in [2.75, 3.05) is 13.2 Å². The zero-order valence-electron chi connectivity index (χ0n) is 12.0. The van der Waals surface area contributed by atoms with Gasteiger partial charge in [-0.3, -0.25) is 4.90 Å². The van der Waals surface area contributed by atoms with E-state index < -0.39 is 0 Å². The molecule has 0 fully saturated rings. The molecule has 2 nitrogen and oxygen atoms in total. The number of hydrogen-bond donors (Lipinski definition) is 0. The average molecular weight is 267 g/mol. The van der Waals surface area contributed by atoms with Crippen molar-refractivity contribution in [3.63, 3.8) is 0 Å². The molecular formula is C18H21NO. The Morgan fingerprint density at radius 3 is 2.70 bits per heavy atom. The summed E-state index contributed by atoms with van der Waals surface area (Å²) < 4.78 is 5.74. The quantitative estimate of drug-likeness (QED) is 0.838. The van der Waals surface area contributed by atoms with E-state index in [-0.39, 0.29) is 0 Å². The Bertz CT molecular complexity index is 565. The van der Waals surface area contributed by atoms with Crippen LogP contribution in [-0.2, 0) is 19.5 Å². The normalized spacial score (nSPS) is 14.8. The van der Waals surface area contributed by atoms with Gasteiger partial charge < -0.3 is 4.74 Å². The molecule has 1 aliphatic rings. The second-order valence-electron chi connectivity index (χ2n) is 5.27. The first-order chi connectivity index (χ1) is 9.86. The zero-order valence-corrected chi connectivity index (χ0v) is 12.0. The molecule has 0 spiro atoms. The summed E-state index contributed by atoms with van der Waals surface area (Å²) in [5, 5.41) is 0. The maximum absolute atomic E-state index is 5.74. The molecule has 1 heterocycles. The van der Waals surface area contributed by atoms with Crippen molar-refractivity contribution in [1.29, 1.82) is 0 Å². The van der Waals surface area contributed by atoms with E-state index in [0.717, 1.165) is 38.4 Å². The molecule has 0 saturated heterocycles. The van der Waals surface area contributed by atoms with Crippen molar-refractivity contribution in [3.05, 3.63) is 65.2 Å². The van der Waals surface area contributed by atoms with Crippen molar-refractivity contribution in [2.45, 2.75) is 26.4 Å². The fourth-order valence-electron chi connectivity index (χ4n) is 2.90. The minimum absolute atomic E-state index is 0.740. The molecule has 3 rings (SSSR count). The number of nitrogens with zero attached hydrogens (tertiary/aromatic N) is 1. The summed E-state index contributed by atoms with van der Waals surface area (Å²) >= 11 is 0. The van der Waals surface area contributed by atoms with Crippen LogP contribution in [0.15, 0.2) is 48.5 Å². The van der Waals surface area contributed by atoms with Gasteiger partial charge in [-0.15, -0.1) is 0 Å². The number of ether oxygens (including phenoxy) is 1. The maximum Gasteiger partial charge on any atom is 0.122 e. The molecule has 0 atom stereocenters. The van der Waals surface area contributed by atoms with Crippen LogP contribution in [0.4, 0.5) is 0 Å². The van der Waals surface area contributed by atoms with E-state index in [4.69, 9.17) is 4.74 Å². The van der Waals surface area contributed by atoms with Crippen LogP contribution >= 0.6 is 0 Å². The first-order valence-electron chi connectivity index (χ1n) is 7.36. The van der Waals surface area contributed by atoms with E-state index in [1.807, 2.05) is 6.92 Å². The Kier molecular flexibility index (Phi) is 4.03. The van der Waals surface area contributed by atoms with Crippen LogP contribution < -0.4 is 4.74 Å². The third-order valence-electron chi connectivity index (χ3n) is 3.85. The third kappa shape index (κ3) is 2.86. The highest BCUT2D eigenvalue weighted by Crippen LogP contribution is 2.28. The number of fused-ring (bicyclic) bond motifs is 1. The molecule has 0 aromatic heterocycles. The zero-order chi connectivity index (χ0) is 13.8. The van der Waals surface area contributed by atoms with Gasteiger partial charge in [-0.1, -0.05) is 42.5 Å². The molecule has 0 bridgehead atoms. The van der Waals surface area contributed by atoms with Gasteiger partial charge in [0.25, 0.3) is 0 Å². The molecule has 0 unspecified atom stereocenters. The largest absolute Gasteiger partial charge is 0.494 e. The van der Waals surface area contributed by atoms with Gasteiger partial charge in [-0.05, 0) is 36.1 Å². The van der Waals surface area contributed by atoms with Crippen LogP contribution in [0.5, 0.6) is 5.75 Å². The van der Waals surface area contributed by atoms with Crippen molar-refractivity contribution >= 4 is 0 Å². The smallest absolute Gasteiger partial charge is 0.122 e. The molecule has 2 aromatic rings. The molecule has 0 radical (unpaired) electrons. The predicted octanol–water partition coefficient (Wildman–Crippen LogP) is 3.64. The molecule has 0 amide bonds. The van der Waals surface area contributed by atoms with Crippen molar-refractivity contribution in [2.24, 2.45) is 0 Å². The van der Waals surface area contributed by atoms with E-state index in [9.17, 15) is 0 Å². The lowest BCUT2D eigenvalue weighted by atomic mass is 9.98. The van der Waals surface area contributed by atoms with Crippen molar-refractivity contribution in [3.8, 4) is 5.75 Å². The minimum atomic E-state index is 0.740. The summed E-state index contributed by atoms with van der Waals surface area (Å²) in [6, 6.07) is 17.1. The summed E-state index contributed by atoms with van der Waals surface area (Å²) in [4.78, 5) is 2.51. The lowest BCUT2D eigenvalue weighted by Crippen LogP contribution is -2.30. The molecular weight excluding hydrogens is 246 g/mol. The number of rotatable bonds is 4. The van der Waals surface area contributed by atoms with Gasteiger partial charge in [0.15, 0.2) is 0 Å². The fourth-order valence-corrected chi connectivity index (χ4v) is 2.90. The molecule has 0 saturated carbocycles. The Morgan fingerprint density at radius 1 is 1.05 bits per heavy atom. The Labute approximate surface area is 121 Å². The number of hydrogen-bond acceptors (Lipinski definition) is 2. The Morgan fingerprint density at radius 2 is 1.90 bits per heavy atom. The van der Waals surface area contributed by atoms with Crippen molar-refractivity contribution in [1.82, 2.24) is 4.90 Å². The van der Waals surface area contributed by atoms with E-state index >= 15 is 0 Å². The summed E-state index contributed by atoms with van der Waals surface area (Å²) in [7, 11) is 0. The predicted molar refractivity (Wildman–Crippen MR) is 81.9 cm³/mol. The van der Waals surface area contributed by atoms with Gasteiger partial charge in [0.2, 0.25) is 0 Å². The van der Waals surface area contributed by atoms with Gasteiger partial charge >= 0.3 is 0 Å². The second kappa shape index (κ2) is 6.10. The average Bonchev–Trinajstić information content (AvgIpc) is 2.49. The lowest BCUT2D eigenvalue weighted by Gasteiger charge is -2.29. The molecule has 20 heavy (non-hydrogen) atoms. The Hall–Kier alpha value is -1.80. The summed E-state index contributed by atoms with van der Waals surface area (Å²) in [6.07, 6.45) is 1.08. The molecule has 2 aromatic carbocycles. The molecule has 0 N–H and O–H groups in total. The van der Waals surface area contributed by atoms with Crippen LogP contribution in [-0.4, -0.2) is 18.1 Å². The first kappa shape index (κ1) is 13.2. The van der Waals surface area contributed by atoms with Crippen LogP contribution in [0.25, 0.3) is 0 Å². The van der Waals surface area contributed by atoms with Gasteiger partial charge in [0.05, 0.1) is 6.61 Å². The molecule has 2 heteroatoms. The van der Waals surface area contributed by atoms with E-state index in [0.29, 0.717) is 0 Å². The summed E-state index contributed by atoms with van der Waals surface area (Å²) in [5.74, 6) is 1.07. The SMILES string of the molecule is CCOc1cccc2c1CCN(Cc1ccccc1)C2. The minimum Gasteiger partial charge on any atom is -0.494 e. The first-order valence-corrected chi connectivity index (χ1v) is 7.36. The highest BCUT2D eigenvalue weighted by molar-refractivity contribution is 5.41. The lowest BCUT2D eigenvalue weighted by molar-refractivity contribution is 0.241. The van der Waals surface area contributed by atoms with E-state index in [2.05, 4.69) is 53.4 Å². The fraction of sp³-hybridized carbons (Fsp3) is 0.333. The number of benzene rings is 2. The molecule has 0 aliphatic carbocycles. The Balaban J connectivity index is 1.74. The van der Waals surface area contributed by atoms with Crippen LogP contribution in [0.3, 0.4) is 0 Å². The monoisotopic (exact) mass is 267 g/mol. The van der Waals surface area contributed by atoms with Gasteiger partial charge in [-0.25, -0.2) is 0 Å². The van der Waals surface area contributed by atoms with E-state index in [1.54, 1.807) is 0 Å². The van der Waals surface area contributed by atoms with Crippen molar-refractivity contribution < 1.29 is 4.74 Å². The van der Waals surface area contributed by atoms with Gasteiger partial charge in [0, 0.05) is 19.6 Å². The summed E-state index contributed by atoms with van der Waals surface area (Å²) in [6.45, 7) is 5.93. The van der Waals surface area contributed by atoms with E-state index in [1.165, 1.54) is 16.7 Å². The van der Waals surface area contributed by atoms with Crippen LogP contribution in [0.1, 0.15) is 23.6 Å². The highest BCUT2D eigenvalue weighted by Gasteiger charge is 2.19. The summed E-state index contributed by atoms with van der Waals surface area (Å²) in [5.41, 5.74) is 4.20. The topological polar surface area (TPSA) is 12.5 Å². The highest BCUT2D eigenvalue weighted by atomic mass is 16.5. The molecule has 1 aliphatic heterocycles. The van der Waals surface area contributed by atoms with Crippen LogP contribution in [0, 0.1) is 0 Å². The standard InChI is InChI=1S/C18H21NO/c1-2-20-18-10-6-9-16-14-19(12-11-17(16)18)13-15-7-4-3-5-8-15/h3-10H,2,11-14H2,1H3. The van der Waals surface area contributed by atoms with Gasteiger partial charge in [0.1, 0.15) is 5.75 Å². The van der Waals surface area contributed by atoms with Gasteiger partial charge in [-0.2, -0.15) is 0 Å². The van der Waals surface area contributed by atoms with Crippen LogP contribution in [0.2, 0.25) is 0 Å². The molecule has 104 valence electrons. The maximum atomic E-state index is 5.74. The second-order valence-corrected chi connectivity index (χ2v) is 5.27.